The van der Waals surface area contributed by atoms with E-state index in [0.717, 1.165) is 16.3 Å². The number of aryl methyl sites for hydroxylation is 1. The summed E-state index contributed by atoms with van der Waals surface area (Å²) >= 11 is 1.62. The van der Waals surface area contributed by atoms with Crippen LogP contribution in [0.3, 0.4) is 0 Å². The molecule has 3 rings (SSSR count). The van der Waals surface area contributed by atoms with Gasteiger partial charge >= 0.3 is 5.97 Å². The number of anilines is 1. The second-order valence-corrected chi connectivity index (χ2v) is 6.19. The molecule has 0 amide bonds. The zero-order valence-corrected chi connectivity index (χ0v) is 14.8. The Morgan fingerprint density at radius 1 is 1.20 bits per heavy atom. The van der Waals surface area contributed by atoms with Crippen LogP contribution in [0.15, 0.2) is 41.8 Å². The number of hydrogen-bond donors (Lipinski definition) is 1. The van der Waals surface area contributed by atoms with Crippen LogP contribution in [0, 0.1) is 6.92 Å². The van der Waals surface area contributed by atoms with Crippen LogP contribution >= 0.6 is 11.3 Å². The number of thiazole rings is 1. The molecule has 6 nitrogen and oxygen atoms in total. The molecule has 25 heavy (non-hydrogen) atoms. The van der Waals surface area contributed by atoms with E-state index in [1.165, 1.54) is 5.56 Å². The minimum absolute atomic E-state index is 0.197. The molecular formula is C18H18N4O2S. The standard InChI is InChI=1S/C18H18N4O2S/c1-3-24-18(23)15-8-9-16(22-21-15)19-10-13-11-25-17(20-13)14-7-5-4-6-12(14)2/h4-9,11H,3,10H2,1-2H3,(H,19,22). The van der Waals surface area contributed by atoms with Gasteiger partial charge in [-0.05, 0) is 31.5 Å². The minimum Gasteiger partial charge on any atom is -0.461 e. The Morgan fingerprint density at radius 3 is 2.76 bits per heavy atom. The zero-order chi connectivity index (χ0) is 17.6. The summed E-state index contributed by atoms with van der Waals surface area (Å²) in [4.78, 5) is 16.2. The summed E-state index contributed by atoms with van der Waals surface area (Å²) < 4.78 is 4.88. The summed E-state index contributed by atoms with van der Waals surface area (Å²) in [6.07, 6.45) is 0. The first kappa shape index (κ1) is 17.0. The molecule has 0 saturated carbocycles. The predicted octanol–water partition coefficient (Wildman–Crippen LogP) is 3.70. The van der Waals surface area contributed by atoms with Gasteiger partial charge in [0.15, 0.2) is 5.69 Å². The van der Waals surface area contributed by atoms with Crippen molar-refractivity contribution < 1.29 is 9.53 Å². The van der Waals surface area contributed by atoms with Crippen LogP contribution in [-0.2, 0) is 11.3 Å². The Balaban J connectivity index is 1.63. The fourth-order valence-corrected chi connectivity index (χ4v) is 3.16. The number of hydrogen-bond acceptors (Lipinski definition) is 7. The highest BCUT2D eigenvalue weighted by Gasteiger charge is 2.10. The van der Waals surface area contributed by atoms with Gasteiger partial charge < -0.3 is 10.1 Å². The summed E-state index contributed by atoms with van der Waals surface area (Å²) in [7, 11) is 0. The van der Waals surface area contributed by atoms with Gasteiger partial charge in [-0.2, -0.15) is 0 Å². The topological polar surface area (TPSA) is 77.0 Å². The van der Waals surface area contributed by atoms with Crippen molar-refractivity contribution in [3.05, 3.63) is 58.7 Å². The van der Waals surface area contributed by atoms with E-state index < -0.39 is 5.97 Å². The molecule has 0 aliphatic rings. The SMILES string of the molecule is CCOC(=O)c1ccc(NCc2csc(-c3ccccc3C)n2)nn1. The summed E-state index contributed by atoms with van der Waals surface area (Å²) in [5.74, 6) is 0.113. The highest BCUT2D eigenvalue weighted by molar-refractivity contribution is 7.13. The van der Waals surface area contributed by atoms with Crippen molar-refractivity contribution in [3.63, 3.8) is 0 Å². The van der Waals surface area contributed by atoms with E-state index >= 15 is 0 Å². The Morgan fingerprint density at radius 2 is 2.04 bits per heavy atom. The van der Waals surface area contributed by atoms with E-state index in [0.29, 0.717) is 19.0 Å². The average Bonchev–Trinajstić information content (AvgIpc) is 3.10. The van der Waals surface area contributed by atoms with Crippen molar-refractivity contribution in [1.82, 2.24) is 15.2 Å². The second-order valence-electron chi connectivity index (χ2n) is 5.34. The smallest absolute Gasteiger partial charge is 0.358 e. The zero-order valence-electron chi connectivity index (χ0n) is 14.0. The highest BCUT2D eigenvalue weighted by Crippen LogP contribution is 2.26. The number of carbonyl (C=O) groups excluding carboxylic acids is 1. The van der Waals surface area contributed by atoms with Crippen molar-refractivity contribution in [1.29, 1.82) is 0 Å². The van der Waals surface area contributed by atoms with Crippen LogP contribution < -0.4 is 5.32 Å². The molecule has 0 aliphatic carbocycles. The molecule has 0 unspecified atom stereocenters. The van der Waals surface area contributed by atoms with Gasteiger partial charge in [0.05, 0.1) is 18.8 Å². The molecule has 0 radical (unpaired) electrons. The first-order valence-corrected chi connectivity index (χ1v) is 8.80. The number of nitrogens with zero attached hydrogens (tertiary/aromatic N) is 3. The Hall–Kier alpha value is -2.80. The monoisotopic (exact) mass is 354 g/mol. The maximum absolute atomic E-state index is 11.5. The first-order valence-electron chi connectivity index (χ1n) is 7.92. The largest absolute Gasteiger partial charge is 0.461 e. The number of ether oxygens (including phenoxy) is 1. The average molecular weight is 354 g/mol. The number of rotatable bonds is 6. The molecule has 0 aliphatic heterocycles. The van der Waals surface area contributed by atoms with E-state index in [2.05, 4.69) is 39.6 Å². The highest BCUT2D eigenvalue weighted by atomic mass is 32.1. The van der Waals surface area contributed by atoms with Crippen molar-refractivity contribution in [2.24, 2.45) is 0 Å². The molecule has 2 aromatic heterocycles. The van der Waals surface area contributed by atoms with Crippen molar-refractivity contribution >= 4 is 23.1 Å². The Labute approximate surface area is 149 Å². The van der Waals surface area contributed by atoms with Crippen LogP contribution in [0.2, 0.25) is 0 Å². The molecule has 0 spiro atoms. The molecule has 0 bridgehead atoms. The van der Waals surface area contributed by atoms with Crippen LogP contribution in [0.5, 0.6) is 0 Å². The number of carbonyl (C=O) groups is 1. The molecule has 0 fully saturated rings. The predicted molar refractivity (Wildman–Crippen MR) is 97.6 cm³/mol. The number of aromatic nitrogens is 3. The molecule has 7 heteroatoms. The lowest BCUT2D eigenvalue weighted by Gasteiger charge is -2.04. The Bertz CT molecular complexity index is 862. The molecule has 3 aromatic rings. The summed E-state index contributed by atoms with van der Waals surface area (Å²) in [6.45, 7) is 4.68. The lowest BCUT2D eigenvalue weighted by Crippen LogP contribution is -2.09. The third kappa shape index (κ3) is 4.19. The first-order chi connectivity index (χ1) is 12.2. The van der Waals surface area contributed by atoms with Gasteiger partial charge in [0.2, 0.25) is 0 Å². The van der Waals surface area contributed by atoms with Crippen molar-refractivity contribution in [3.8, 4) is 10.6 Å². The summed E-state index contributed by atoms with van der Waals surface area (Å²) in [5.41, 5.74) is 3.48. The molecule has 0 saturated heterocycles. The lowest BCUT2D eigenvalue weighted by atomic mass is 10.1. The van der Waals surface area contributed by atoms with Gasteiger partial charge in [-0.15, -0.1) is 21.5 Å². The molecule has 1 aromatic carbocycles. The van der Waals surface area contributed by atoms with Gasteiger partial charge in [0, 0.05) is 10.9 Å². The van der Waals surface area contributed by atoms with E-state index in [9.17, 15) is 4.79 Å². The van der Waals surface area contributed by atoms with E-state index in [4.69, 9.17) is 4.74 Å². The number of benzene rings is 1. The van der Waals surface area contributed by atoms with Crippen LogP contribution in [0.25, 0.3) is 10.6 Å². The van der Waals surface area contributed by atoms with Gasteiger partial charge in [-0.25, -0.2) is 9.78 Å². The quantitative estimate of drug-likeness (QED) is 0.680. The van der Waals surface area contributed by atoms with Crippen molar-refractivity contribution in [2.75, 3.05) is 11.9 Å². The lowest BCUT2D eigenvalue weighted by molar-refractivity contribution is 0.0518. The maximum atomic E-state index is 11.5. The molecular weight excluding hydrogens is 336 g/mol. The normalized spacial score (nSPS) is 10.5. The van der Waals surface area contributed by atoms with Gasteiger partial charge in [0.1, 0.15) is 10.8 Å². The van der Waals surface area contributed by atoms with Crippen molar-refractivity contribution in [2.45, 2.75) is 20.4 Å². The van der Waals surface area contributed by atoms with Crippen LogP contribution in [0.4, 0.5) is 5.82 Å². The van der Waals surface area contributed by atoms with Gasteiger partial charge in [0.25, 0.3) is 0 Å². The summed E-state index contributed by atoms with van der Waals surface area (Å²) in [6, 6.07) is 11.5. The number of nitrogens with one attached hydrogen (secondary N) is 1. The number of esters is 1. The van der Waals surface area contributed by atoms with E-state index in [-0.39, 0.29) is 5.69 Å². The van der Waals surface area contributed by atoms with E-state index in [1.807, 2.05) is 17.5 Å². The summed E-state index contributed by atoms with van der Waals surface area (Å²) in [5, 5.41) is 14.0. The fourth-order valence-electron chi connectivity index (χ4n) is 2.25. The molecule has 128 valence electrons. The maximum Gasteiger partial charge on any atom is 0.358 e. The minimum atomic E-state index is -0.469. The van der Waals surface area contributed by atoms with Crippen LogP contribution in [-0.4, -0.2) is 27.8 Å². The molecule has 1 N–H and O–H groups in total. The Kier molecular flexibility index (Phi) is 5.35. The second kappa shape index (κ2) is 7.85. The third-order valence-electron chi connectivity index (χ3n) is 3.53. The van der Waals surface area contributed by atoms with Crippen LogP contribution in [0.1, 0.15) is 28.7 Å². The fraction of sp³-hybridized carbons (Fsp3) is 0.222. The van der Waals surface area contributed by atoms with E-state index in [1.54, 1.807) is 30.4 Å². The third-order valence-corrected chi connectivity index (χ3v) is 4.45. The molecule has 2 heterocycles. The van der Waals surface area contributed by atoms with Gasteiger partial charge in [-0.1, -0.05) is 24.3 Å². The molecule has 0 atom stereocenters. The van der Waals surface area contributed by atoms with Gasteiger partial charge in [-0.3, -0.25) is 0 Å².